The number of aromatic nitrogens is 2. The van der Waals surface area contributed by atoms with Crippen molar-refractivity contribution in [2.45, 2.75) is 50.7 Å². The number of thioether (sulfide) groups is 1. The van der Waals surface area contributed by atoms with E-state index in [2.05, 4.69) is 17.4 Å². The van der Waals surface area contributed by atoms with Crippen LogP contribution in [0.5, 0.6) is 0 Å². The molecule has 1 saturated heterocycles. The molecule has 0 unspecified atom stereocenters. The molecule has 6 nitrogen and oxygen atoms in total. The van der Waals surface area contributed by atoms with Crippen LogP contribution >= 0.6 is 11.8 Å². The van der Waals surface area contributed by atoms with Crippen LogP contribution in [0.25, 0.3) is 0 Å². The van der Waals surface area contributed by atoms with Crippen molar-refractivity contribution in [1.29, 1.82) is 0 Å². The number of ether oxygens (including phenoxy) is 1. The number of morpholine rings is 1. The van der Waals surface area contributed by atoms with Crippen LogP contribution in [0.15, 0.2) is 9.95 Å². The molecule has 23 heavy (non-hydrogen) atoms. The van der Waals surface area contributed by atoms with E-state index < -0.39 is 0 Å². The molecular weight excluding hydrogens is 312 g/mol. The highest BCUT2D eigenvalue weighted by Crippen LogP contribution is 2.24. The molecule has 1 N–H and O–H groups in total. The summed E-state index contributed by atoms with van der Waals surface area (Å²) >= 11 is 1.68. The van der Waals surface area contributed by atoms with Gasteiger partial charge in [0.1, 0.15) is 0 Å². The van der Waals surface area contributed by atoms with Gasteiger partial charge in [-0.3, -0.25) is 9.36 Å². The van der Waals surface area contributed by atoms with E-state index in [1.807, 2.05) is 4.57 Å². The summed E-state index contributed by atoms with van der Waals surface area (Å²) in [6.45, 7) is 6.06. The molecule has 0 atom stereocenters. The summed E-state index contributed by atoms with van der Waals surface area (Å²) in [5, 5.41) is 2.97. The Hall–Kier alpha value is -1.05. The van der Waals surface area contributed by atoms with Crippen LogP contribution in [0.4, 0.5) is 5.82 Å². The smallest absolute Gasteiger partial charge is 0.259 e. The van der Waals surface area contributed by atoms with Crippen molar-refractivity contribution in [3.63, 3.8) is 0 Å². The van der Waals surface area contributed by atoms with Crippen LogP contribution in [-0.2, 0) is 17.7 Å². The first-order chi connectivity index (χ1) is 11.3. The van der Waals surface area contributed by atoms with Gasteiger partial charge >= 0.3 is 0 Å². The summed E-state index contributed by atoms with van der Waals surface area (Å²) < 4.78 is 7.25. The highest BCUT2D eigenvalue weighted by molar-refractivity contribution is 7.99. The van der Waals surface area contributed by atoms with Crippen LogP contribution < -0.4 is 11.0 Å². The Bertz CT molecular complexity index is 584. The van der Waals surface area contributed by atoms with Gasteiger partial charge in [0.15, 0.2) is 11.0 Å². The zero-order valence-electron chi connectivity index (χ0n) is 13.8. The molecule has 0 spiro atoms. The number of hydrogen-bond acceptors (Lipinski definition) is 6. The zero-order chi connectivity index (χ0) is 16.1. The molecule has 0 amide bonds. The molecule has 0 bridgehead atoms. The van der Waals surface area contributed by atoms with Gasteiger partial charge in [-0.25, -0.2) is 9.99 Å². The SMILES string of the molecule is CCCCCc1c(NN2CCOCC2)nc2n(c1=O)CCCS2. The van der Waals surface area contributed by atoms with Gasteiger partial charge in [-0.05, 0) is 19.3 Å². The lowest BCUT2D eigenvalue weighted by molar-refractivity contribution is 0.0493. The van der Waals surface area contributed by atoms with Crippen LogP contribution in [0.1, 0.15) is 38.2 Å². The summed E-state index contributed by atoms with van der Waals surface area (Å²) in [6.07, 6.45) is 5.19. The predicted octanol–water partition coefficient (Wildman–Crippen LogP) is 2.13. The minimum absolute atomic E-state index is 0.147. The van der Waals surface area contributed by atoms with Crippen LogP contribution in [0, 0.1) is 0 Å². The molecule has 2 aliphatic heterocycles. The molecule has 0 aromatic carbocycles. The summed E-state index contributed by atoms with van der Waals surface area (Å²) in [4.78, 5) is 17.7. The third-order valence-electron chi connectivity index (χ3n) is 4.29. The van der Waals surface area contributed by atoms with Crippen molar-refractivity contribution in [3.8, 4) is 0 Å². The molecule has 3 heterocycles. The molecule has 1 fully saturated rings. The number of hydrogen-bond donors (Lipinski definition) is 1. The van der Waals surface area contributed by atoms with Gasteiger partial charge in [0.2, 0.25) is 0 Å². The number of hydrazine groups is 1. The highest BCUT2D eigenvalue weighted by atomic mass is 32.2. The molecule has 0 radical (unpaired) electrons. The van der Waals surface area contributed by atoms with Gasteiger partial charge in [0.05, 0.1) is 18.8 Å². The summed E-state index contributed by atoms with van der Waals surface area (Å²) in [6, 6.07) is 0. The van der Waals surface area contributed by atoms with E-state index in [9.17, 15) is 4.79 Å². The number of rotatable bonds is 6. The van der Waals surface area contributed by atoms with Crippen molar-refractivity contribution in [1.82, 2.24) is 14.6 Å². The van der Waals surface area contributed by atoms with Gasteiger partial charge in [0, 0.05) is 25.4 Å². The number of nitrogens with one attached hydrogen (secondary N) is 1. The highest BCUT2D eigenvalue weighted by Gasteiger charge is 2.21. The number of unbranched alkanes of at least 4 members (excludes halogenated alkanes) is 2. The maximum Gasteiger partial charge on any atom is 0.259 e. The van der Waals surface area contributed by atoms with Crippen molar-refractivity contribution in [2.75, 3.05) is 37.5 Å². The van der Waals surface area contributed by atoms with Gasteiger partial charge < -0.3 is 10.2 Å². The number of fused-ring (bicyclic) bond motifs is 1. The number of anilines is 1. The van der Waals surface area contributed by atoms with E-state index >= 15 is 0 Å². The Morgan fingerprint density at radius 3 is 2.87 bits per heavy atom. The predicted molar refractivity (Wildman–Crippen MR) is 93.1 cm³/mol. The average Bonchev–Trinajstić information content (AvgIpc) is 2.59. The van der Waals surface area contributed by atoms with E-state index in [0.717, 1.165) is 87.2 Å². The second-order valence-corrected chi connectivity index (χ2v) is 7.11. The Kier molecular flexibility index (Phi) is 5.96. The third kappa shape index (κ3) is 4.08. The lowest BCUT2D eigenvalue weighted by atomic mass is 10.1. The van der Waals surface area contributed by atoms with Crippen molar-refractivity contribution in [2.24, 2.45) is 0 Å². The molecular formula is C16H26N4O2S. The lowest BCUT2D eigenvalue weighted by Gasteiger charge is -2.29. The maximum absolute atomic E-state index is 12.9. The largest absolute Gasteiger partial charge is 0.379 e. The van der Waals surface area contributed by atoms with E-state index in [-0.39, 0.29) is 5.56 Å². The van der Waals surface area contributed by atoms with Gasteiger partial charge in [-0.15, -0.1) is 0 Å². The summed E-state index contributed by atoms with van der Waals surface area (Å²) in [5.41, 5.74) is 4.37. The normalized spacial score (nSPS) is 18.7. The van der Waals surface area contributed by atoms with Crippen LogP contribution in [0.2, 0.25) is 0 Å². The molecule has 128 valence electrons. The molecule has 1 aromatic heterocycles. The molecule has 3 rings (SSSR count). The zero-order valence-corrected chi connectivity index (χ0v) is 14.7. The van der Waals surface area contributed by atoms with Gasteiger partial charge in [0.25, 0.3) is 5.56 Å². The van der Waals surface area contributed by atoms with Gasteiger partial charge in [-0.2, -0.15) is 0 Å². The first kappa shape index (κ1) is 16.8. The Labute approximate surface area is 141 Å². The van der Waals surface area contributed by atoms with Crippen molar-refractivity contribution < 1.29 is 4.74 Å². The number of nitrogens with zero attached hydrogens (tertiary/aromatic N) is 3. The Morgan fingerprint density at radius 2 is 2.09 bits per heavy atom. The van der Waals surface area contributed by atoms with E-state index in [1.54, 1.807) is 11.8 Å². The molecule has 1 aromatic rings. The summed E-state index contributed by atoms with van der Waals surface area (Å²) in [5.74, 6) is 1.80. The van der Waals surface area contributed by atoms with E-state index in [0.29, 0.717) is 0 Å². The average molecular weight is 338 g/mol. The van der Waals surface area contributed by atoms with Crippen molar-refractivity contribution >= 4 is 17.6 Å². The third-order valence-corrected chi connectivity index (χ3v) is 5.35. The monoisotopic (exact) mass is 338 g/mol. The molecule has 7 heteroatoms. The maximum atomic E-state index is 12.9. The van der Waals surface area contributed by atoms with Crippen LogP contribution in [-0.4, -0.2) is 46.6 Å². The minimum Gasteiger partial charge on any atom is -0.379 e. The topological polar surface area (TPSA) is 59.4 Å². The fourth-order valence-corrected chi connectivity index (χ4v) is 3.90. The van der Waals surface area contributed by atoms with E-state index in [4.69, 9.17) is 9.72 Å². The minimum atomic E-state index is 0.147. The fourth-order valence-electron chi connectivity index (χ4n) is 2.96. The van der Waals surface area contributed by atoms with Gasteiger partial charge in [-0.1, -0.05) is 31.5 Å². The first-order valence-electron chi connectivity index (χ1n) is 8.65. The molecule has 2 aliphatic rings. The van der Waals surface area contributed by atoms with Crippen LogP contribution in [0.3, 0.4) is 0 Å². The fraction of sp³-hybridized carbons (Fsp3) is 0.750. The van der Waals surface area contributed by atoms with E-state index in [1.165, 1.54) is 0 Å². The quantitative estimate of drug-likeness (QED) is 0.633. The van der Waals surface area contributed by atoms with Crippen molar-refractivity contribution in [3.05, 3.63) is 15.9 Å². The second-order valence-electron chi connectivity index (χ2n) is 6.05. The first-order valence-corrected chi connectivity index (χ1v) is 9.64. The Balaban J connectivity index is 1.87. The molecule has 0 aliphatic carbocycles. The lowest BCUT2D eigenvalue weighted by Crippen LogP contribution is -2.42. The Morgan fingerprint density at radius 1 is 1.26 bits per heavy atom. The molecule has 0 saturated carbocycles. The second kappa shape index (κ2) is 8.17. The standard InChI is InChI=1S/C16H26N4O2S/c1-2-3-4-6-13-14(18-19-8-10-22-11-9-19)17-16-20(15(13)21)7-5-12-23-16/h18H,2-12H2,1H3. The summed E-state index contributed by atoms with van der Waals surface area (Å²) in [7, 11) is 0.